The molecule has 4 rings (SSSR count). The number of rotatable bonds is 5. The first kappa shape index (κ1) is 20.0. The first-order chi connectivity index (χ1) is 14.4. The molecule has 0 unspecified atom stereocenters. The number of aromatic nitrogens is 2. The van der Waals surface area contributed by atoms with Gasteiger partial charge >= 0.3 is 0 Å². The zero-order chi connectivity index (χ0) is 21.3. The van der Waals surface area contributed by atoms with E-state index in [1.54, 1.807) is 37.1 Å². The van der Waals surface area contributed by atoms with Gasteiger partial charge in [-0.05, 0) is 55.0 Å². The van der Waals surface area contributed by atoms with E-state index in [2.05, 4.69) is 5.10 Å². The molecule has 30 heavy (non-hydrogen) atoms. The van der Waals surface area contributed by atoms with Crippen LogP contribution in [-0.2, 0) is 11.3 Å². The van der Waals surface area contributed by atoms with Gasteiger partial charge in [0.2, 0.25) is 12.7 Å². The maximum atomic E-state index is 13.2. The van der Waals surface area contributed by atoms with E-state index in [1.807, 2.05) is 18.2 Å². The Morgan fingerprint density at radius 2 is 1.97 bits per heavy atom. The number of hydrogen-bond donors (Lipinski definition) is 0. The SMILES string of the molecule is Cc1nn(-c2ccc(F)cc2)c(Cl)c1C=CC(=O)N(C)Cc1ccc2c(c1)OCO2. The molecule has 154 valence electrons. The number of carbonyl (C=O) groups is 1. The van der Waals surface area contributed by atoms with E-state index < -0.39 is 0 Å². The van der Waals surface area contributed by atoms with Crippen molar-refractivity contribution >= 4 is 23.6 Å². The van der Waals surface area contributed by atoms with Crippen LogP contribution in [0.1, 0.15) is 16.8 Å². The number of ether oxygens (including phenoxy) is 2. The molecule has 3 aromatic rings. The molecular formula is C22H19ClFN3O3. The van der Waals surface area contributed by atoms with Crippen LogP contribution in [0, 0.1) is 12.7 Å². The molecule has 0 atom stereocenters. The fourth-order valence-corrected chi connectivity index (χ4v) is 3.46. The summed E-state index contributed by atoms with van der Waals surface area (Å²) in [6, 6.07) is 11.5. The molecule has 0 saturated carbocycles. The maximum Gasteiger partial charge on any atom is 0.246 e. The van der Waals surface area contributed by atoms with Crippen molar-refractivity contribution in [2.24, 2.45) is 0 Å². The van der Waals surface area contributed by atoms with E-state index in [9.17, 15) is 9.18 Å². The van der Waals surface area contributed by atoms with Crippen LogP contribution >= 0.6 is 11.6 Å². The summed E-state index contributed by atoms with van der Waals surface area (Å²) in [4.78, 5) is 14.1. The topological polar surface area (TPSA) is 56.6 Å². The van der Waals surface area contributed by atoms with E-state index in [0.717, 1.165) is 5.56 Å². The molecule has 0 N–H and O–H groups in total. The van der Waals surface area contributed by atoms with Crippen molar-refractivity contribution in [2.75, 3.05) is 13.8 Å². The fraction of sp³-hybridized carbons (Fsp3) is 0.182. The van der Waals surface area contributed by atoms with E-state index in [4.69, 9.17) is 21.1 Å². The molecule has 6 nitrogen and oxygen atoms in total. The van der Waals surface area contributed by atoms with Crippen LogP contribution in [0.25, 0.3) is 11.8 Å². The first-order valence-electron chi connectivity index (χ1n) is 9.25. The molecule has 1 amide bonds. The molecule has 1 aromatic heterocycles. The summed E-state index contributed by atoms with van der Waals surface area (Å²) in [7, 11) is 1.72. The molecule has 0 saturated heterocycles. The van der Waals surface area contributed by atoms with Gasteiger partial charge in [-0.3, -0.25) is 4.79 Å². The Morgan fingerprint density at radius 1 is 1.23 bits per heavy atom. The van der Waals surface area contributed by atoms with Gasteiger partial charge in [0.1, 0.15) is 11.0 Å². The van der Waals surface area contributed by atoms with Crippen molar-refractivity contribution in [3.8, 4) is 17.2 Å². The van der Waals surface area contributed by atoms with E-state index in [0.29, 0.717) is 40.1 Å². The summed E-state index contributed by atoms with van der Waals surface area (Å²) < 4.78 is 25.4. The number of hydrogen-bond acceptors (Lipinski definition) is 4. The summed E-state index contributed by atoms with van der Waals surface area (Å²) in [5.74, 6) is 0.864. The van der Waals surface area contributed by atoms with Crippen molar-refractivity contribution in [2.45, 2.75) is 13.5 Å². The second-order valence-electron chi connectivity index (χ2n) is 6.89. The number of halogens is 2. The molecule has 0 bridgehead atoms. The largest absolute Gasteiger partial charge is 0.454 e. The normalized spacial score (nSPS) is 12.5. The lowest BCUT2D eigenvalue weighted by atomic mass is 10.2. The smallest absolute Gasteiger partial charge is 0.246 e. The Balaban J connectivity index is 1.47. The lowest BCUT2D eigenvalue weighted by Gasteiger charge is -2.15. The minimum Gasteiger partial charge on any atom is -0.454 e. The van der Waals surface area contributed by atoms with Crippen LogP contribution in [0.4, 0.5) is 4.39 Å². The second kappa shape index (κ2) is 8.20. The van der Waals surface area contributed by atoms with Crippen molar-refractivity contribution in [3.05, 3.63) is 76.3 Å². The van der Waals surface area contributed by atoms with Crippen LogP contribution in [0.15, 0.2) is 48.5 Å². The van der Waals surface area contributed by atoms with Crippen molar-refractivity contribution in [3.63, 3.8) is 0 Å². The van der Waals surface area contributed by atoms with Gasteiger partial charge in [0.15, 0.2) is 11.5 Å². The highest BCUT2D eigenvalue weighted by atomic mass is 35.5. The number of benzene rings is 2. The third kappa shape index (κ3) is 4.02. The number of amides is 1. The van der Waals surface area contributed by atoms with Gasteiger partial charge in [-0.15, -0.1) is 0 Å². The summed E-state index contributed by atoms with van der Waals surface area (Å²) in [5, 5.41) is 4.74. The number of aryl methyl sites for hydroxylation is 1. The average molecular weight is 428 g/mol. The Hall–Kier alpha value is -3.32. The predicted octanol–water partition coefficient (Wildman–Crippen LogP) is 4.37. The summed E-state index contributed by atoms with van der Waals surface area (Å²) >= 11 is 6.46. The molecule has 0 aliphatic carbocycles. The lowest BCUT2D eigenvalue weighted by Crippen LogP contribution is -2.24. The van der Waals surface area contributed by atoms with Gasteiger partial charge in [-0.1, -0.05) is 17.7 Å². The molecule has 0 radical (unpaired) electrons. The van der Waals surface area contributed by atoms with Gasteiger partial charge in [-0.2, -0.15) is 5.10 Å². The first-order valence-corrected chi connectivity index (χ1v) is 9.63. The van der Waals surface area contributed by atoms with Gasteiger partial charge in [0.25, 0.3) is 0 Å². The van der Waals surface area contributed by atoms with Gasteiger partial charge in [0, 0.05) is 25.2 Å². The monoisotopic (exact) mass is 427 g/mol. The summed E-state index contributed by atoms with van der Waals surface area (Å²) in [5.41, 5.74) is 2.86. The number of likely N-dealkylation sites (N-methyl/N-ethyl adjacent to an activating group) is 1. The molecule has 2 aromatic carbocycles. The minimum absolute atomic E-state index is 0.183. The number of fused-ring (bicyclic) bond motifs is 1. The van der Waals surface area contributed by atoms with Crippen molar-refractivity contribution in [1.29, 1.82) is 0 Å². The Bertz CT molecular complexity index is 1130. The average Bonchev–Trinajstić information content (AvgIpc) is 3.30. The van der Waals surface area contributed by atoms with Crippen LogP contribution in [0.2, 0.25) is 5.15 Å². The third-order valence-electron chi connectivity index (χ3n) is 4.74. The zero-order valence-corrected chi connectivity index (χ0v) is 17.2. The molecule has 0 spiro atoms. The molecule has 1 aliphatic heterocycles. The molecule has 0 fully saturated rings. The number of nitrogens with zero attached hydrogens (tertiary/aromatic N) is 3. The van der Waals surface area contributed by atoms with Crippen LogP contribution < -0.4 is 9.47 Å². The maximum absolute atomic E-state index is 13.2. The Labute approximate surface area is 178 Å². The fourth-order valence-electron chi connectivity index (χ4n) is 3.13. The molecule has 8 heteroatoms. The Kier molecular flexibility index (Phi) is 5.46. The van der Waals surface area contributed by atoms with Crippen LogP contribution in [-0.4, -0.2) is 34.4 Å². The van der Waals surface area contributed by atoms with E-state index >= 15 is 0 Å². The molecule has 2 heterocycles. The van der Waals surface area contributed by atoms with E-state index in [1.165, 1.54) is 22.9 Å². The van der Waals surface area contributed by atoms with Crippen molar-refractivity contribution in [1.82, 2.24) is 14.7 Å². The number of carbonyl (C=O) groups excluding carboxylic acids is 1. The van der Waals surface area contributed by atoms with Crippen LogP contribution in [0.5, 0.6) is 11.5 Å². The minimum atomic E-state index is -0.338. The standard InChI is InChI=1S/C22H19ClFN3O3/c1-14-18(22(23)27(25-14)17-6-4-16(24)5-7-17)8-10-21(28)26(2)12-15-3-9-19-20(11-15)30-13-29-19/h3-11H,12-13H2,1-2H3. The van der Waals surface area contributed by atoms with Crippen molar-refractivity contribution < 1.29 is 18.7 Å². The van der Waals surface area contributed by atoms with Gasteiger partial charge in [0.05, 0.1) is 11.4 Å². The zero-order valence-electron chi connectivity index (χ0n) is 16.4. The van der Waals surface area contributed by atoms with Gasteiger partial charge in [-0.25, -0.2) is 9.07 Å². The third-order valence-corrected chi connectivity index (χ3v) is 5.11. The quantitative estimate of drug-likeness (QED) is 0.567. The Morgan fingerprint density at radius 3 is 2.73 bits per heavy atom. The highest BCUT2D eigenvalue weighted by Gasteiger charge is 2.16. The van der Waals surface area contributed by atoms with E-state index in [-0.39, 0.29) is 18.5 Å². The van der Waals surface area contributed by atoms with Gasteiger partial charge < -0.3 is 14.4 Å². The highest BCUT2D eigenvalue weighted by Crippen LogP contribution is 2.32. The lowest BCUT2D eigenvalue weighted by molar-refractivity contribution is -0.125. The summed E-state index contributed by atoms with van der Waals surface area (Å²) in [6.45, 7) is 2.43. The predicted molar refractivity (Wildman–Crippen MR) is 111 cm³/mol. The molecular weight excluding hydrogens is 409 g/mol. The highest BCUT2D eigenvalue weighted by molar-refractivity contribution is 6.31. The summed E-state index contributed by atoms with van der Waals surface area (Å²) in [6.07, 6.45) is 3.10. The second-order valence-corrected chi connectivity index (χ2v) is 7.25. The van der Waals surface area contributed by atoms with Crippen LogP contribution in [0.3, 0.4) is 0 Å². The molecule has 1 aliphatic rings.